The van der Waals surface area contributed by atoms with Crippen LogP contribution in [-0.4, -0.2) is 91.6 Å². The monoisotopic (exact) mass is 673 g/mol. The van der Waals surface area contributed by atoms with Crippen LogP contribution in [0.3, 0.4) is 0 Å². The summed E-state index contributed by atoms with van der Waals surface area (Å²) in [5, 5.41) is 13.9. The van der Waals surface area contributed by atoms with Gasteiger partial charge in [-0.25, -0.2) is 14.8 Å². The molecule has 5 heterocycles. The van der Waals surface area contributed by atoms with E-state index in [1.54, 1.807) is 0 Å². The molecule has 0 spiro atoms. The predicted molar refractivity (Wildman–Crippen MR) is 196 cm³/mol. The van der Waals surface area contributed by atoms with Crippen LogP contribution in [0.1, 0.15) is 30.0 Å². The van der Waals surface area contributed by atoms with Gasteiger partial charge in [0.2, 0.25) is 5.58 Å². The number of nitrogens with zero attached hydrogens (tertiary/aromatic N) is 6. The standard InChI is InChI=1S/C38H43N9O3/c48-38(41-31-10-12-32(13-11-31)46-20-16-39-17-21-46)40-30-8-6-29(7-9-30)36-42-34-33(44-50-35(34)37(43-36)47-22-24-49-25-23-47)28-14-18-45(19-15-28)26-27-4-2-1-3-5-27/h1-13,28,39H,14-26H2,(H2,40,41,48). The smallest absolute Gasteiger partial charge is 0.323 e. The van der Waals surface area contributed by atoms with Crippen molar-refractivity contribution in [3.63, 3.8) is 0 Å². The Hall–Kier alpha value is -5.04. The Labute approximate surface area is 291 Å². The first kappa shape index (κ1) is 32.2. The summed E-state index contributed by atoms with van der Waals surface area (Å²) in [4.78, 5) is 30.0. The van der Waals surface area contributed by atoms with Gasteiger partial charge in [-0.05, 0) is 80.0 Å². The zero-order chi connectivity index (χ0) is 33.7. The molecule has 3 saturated heterocycles. The van der Waals surface area contributed by atoms with Crippen LogP contribution in [-0.2, 0) is 11.3 Å². The zero-order valence-corrected chi connectivity index (χ0v) is 28.2. The summed E-state index contributed by atoms with van der Waals surface area (Å²) in [6.45, 7) is 9.55. The number of morpholine rings is 1. The van der Waals surface area contributed by atoms with E-state index >= 15 is 0 Å². The topological polar surface area (TPSA) is 124 Å². The lowest BCUT2D eigenvalue weighted by Gasteiger charge is -2.31. The van der Waals surface area contributed by atoms with Crippen molar-refractivity contribution in [1.82, 2.24) is 25.3 Å². The summed E-state index contributed by atoms with van der Waals surface area (Å²) in [7, 11) is 0. The van der Waals surface area contributed by atoms with E-state index in [0.29, 0.717) is 30.3 Å². The van der Waals surface area contributed by atoms with E-state index in [4.69, 9.17) is 19.2 Å². The van der Waals surface area contributed by atoms with Crippen LogP contribution >= 0.6 is 0 Å². The second kappa shape index (κ2) is 14.8. The lowest BCUT2D eigenvalue weighted by molar-refractivity contribution is 0.122. The van der Waals surface area contributed by atoms with Crippen LogP contribution in [0.5, 0.6) is 0 Å². The van der Waals surface area contributed by atoms with Gasteiger partial charge in [-0.3, -0.25) is 4.90 Å². The largest absolute Gasteiger partial charge is 0.378 e. The van der Waals surface area contributed by atoms with E-state index in [1.807, 2.05) is 48.5 Å². The molecule has 3 fully saturated rings. The highest BCUT2D eigenvalue weighted by Crippen LogP contribution is 2.36. The number of amides is 2. The normalized spacial score (nSPS) is 17.6. The van der Waals surface area contributed by atoms with Crippen LogP contribution < -0.4 is 25.8 Å². The van der Waals surface area contributed by atoms with Gasteiger partial charge >= 0.3 is 6.03 Å². The maximum atomic E-state index is 12.9. The fraction of sp³-hybridized carbons (Fsp3) is 0.368. The maximum absolute atomic E-state index is 12.9. The van der Waals surface area contributed by atoms with Crippen molar-refractivity contribution in [1.29, 1.82) is 0 Å². The number of piperidine rings is 1. The molecule has 2 aromatic heterocycles. The number of piperazine rings is 1. The summed E-state index contributed by atoms with van der Waals surface area (Å²) < 4.78 is 11.7. The van der Waals surface area contributed by atoms with E-state index in [0.717, 1.165) is 106 Å². The van der Waals surface area contributed by atoms with Crippen molar-refractivity contribution in [3.8, 4) is 11.4 Å². The first-order valence-electron chi connectivity index (χ1n) is 17.7. The number of urea groups is 1. The highest BCUT2D eigenvalue weighted by Gasteiger charge is 2.29. The highest BCUT2D eigenvalue weighted by molar-refractivity contribution is 6.00. The van der Waals surface area contributed by atoms with E-state index in [-0.39, 0.29) is 11.9 Å². The summed E-state index contributed by atoms with van der Waals surface area (Å²) in [6.07, 6.45) is 1.98. The number of anilines is 4. The molecule has 5 aromatic rings. The molecule has 50 heavy (non-hydrogen) atoms. The summed E-state index contributed by atoms with van der Waals surface area (Å²) in [5.74, 6) is 1.61. The van der Waals surface area contributed by atoms with Gasteiger partial charge in [-0.1, -0.05) is 35.5 Å². The van der Waals surface area contributed by atoms with Gasteiger partial charge in [-0.15, -0.1) is 0 Å². The first-order valence-corrected chi connectivity index (χ1v) is 17.7. The quantitative estimate of drug-likeness (QED) is 0.193. The Morgan fingerprint density at radius 3 is 2.16 bits per heavy atom. The number of hydrogen-bond acceptors (Lipinski definition) is 10. The van der Waals surface area contributed by atoms with E-state index < -0.39 is 0 Å². The van der Waals surface area contributed by atoms with Crippen LogP contribution in [0, 0.1) is 0 Å². The minimum atomic E-state index is -0.302. The Morgan fingerprint density at radius 1 is 0.780 bits per heavy atom. The molecular formula is C38H43N9O3. The minimum absolute atomic E-state index is 0.256. The molecule has 0 saturated carbocycles. The number of hydrogen-bond donors (Lipinski definition) is 3. The molecule has 3 aliphatic heterocycles. The molecule has 3 aliphatic rings. The fourth-order valence-corrected chi connectivity index (χ4v) is 7.10. The van der Waals surface area contributed by atoms with Crippen LogP contribution in [0.2, 0.25) is 0 Å². The molecule has 8 rings (SSSR count). The van der Waals surface area contributed by atoms with Gasteiger partial charge in [0.25, 0.3) is 0 Å². The van der Waals surface area contributed by atoms with Crippen molar-refractivity contribution in [2.24, 2.45) is 0 Å². The van der Waals surface area contributed by atoms with Crippen LogP contribution in [0.15, 0.2) is 83.4 Å². The van der Waals surface area contributed by atoms with Gasteiger partial charge in [-0.2, -0.15) is 0 Å². The van der Waals surface area contributed by atoms with Gasteiger partial charge in [0.15, 0.2) is 11.6 Å². The molecule has 0 radical (unpaired) electrons. The number of likely N-dealkylation sites (tertiary alicyclic amines) is 1. The van der Waals surface area contributed by atoms with E-state index in [2.05, 4.69) is 66.1 Å². The number of nitrogens with one attached hydrogen (secondary N) is 3. The maximum Gasteiger partial charge on any atom is 0.323 e. The van der Waals surface area contributed by atoms with E-state index in [1.165, 1.54) is 5.56 Å². The first-order chi connectivity index (χ1) is 24.7. The number of carbonyl (C=O) groups is 1. The molecule has 0 aliphatic carbocycles. The number of rotatable bonds is 8. The Bertz CT molecular complexity index is 1880. The van der Waals surface area contributed by atoms with Crippen molar-refractivity contribution in [3.05, 3.63) is 90.1 Å². The van der Waals surface area contributed by atoms with Crippen molar-refractivity contribution >= 4 is 40.0 Å². The van der Waals surface area contributed by atoms with Gasteiger partial charge < -0.3 is 35.0 Å². The number of benzene rings is 3. The molecular weight excluding hydrogens is 630 g/mol. The molecule has 12 heteroatoms. The summed E-state index contributed by atoms with van der Waals surface area (Å²) >= 11 is 0. The van der Waals surface area contributed by atoms with Crippen molar-refractivity contribution in [2.45, 2.75) is 25.3 Å². The number of fused-ring (bicyclic) bond motifs is 1. The zero-order valence-electron chi connectivity index (χ0n) is 28.2. The average molecular weight is 674 g/mol. The third-order valence-corrected chi connectivity index (χ3v) is 9.87. The second-order valence-electron chi connectivity index (χ2n) is 13.2. The Balaban J connectivity index is 0.975. The molecule has 0 bridgehead atoms. The lowest BCUT2D eigenvalue weighted by atomic mass is 9.92. The minimum Gasteiger partial charge on any atom is -0.378 e. The molecule has 3 N–H and O–H groups in total. The lowest BCUT2D eigenvalue weighted by Crippen LogP contribution is -2.43. The Kier molecular flexibility index (Phi) is 9.55. The SMILES string of the molecule is O=C(Nc1ccc(-c2nc(N3CCOCC3)c3onc(C4CCN(Cc5ccccc5)CC4)c3n2)cc1)Nc1ccc(N2CCNCC2)cc1. The third kappa shape index (κ3) is 7.28. The summed E-state index contributed by atoms with van der Waals surface area (Å²) in [6, 6.07) is 25.9. The number of carbonyl (C=O) groups excluding carboxylic acids is 1. The van der Waals surface area contributed by atoms with Gasteiger partial charge in [0.1, 0.15) is 11.2 Å². The molecule has 258 valence electrons. The molecule has 2 amide bonds. The fourth-order valence-electron chi connectivity index (χ4n) is 7.10. The van der Waals surface area contributed by atoms with Crippen LogP contribution in [0.4, 0.5) is 27.7 Å². The van der Waals surface area contributed by atoms with Crippen LogP contribution in [0.25, 0.3) is 22.5 Å². The average Bonchev–Trinajstić information content (AvgIpc) is 3.61. The molecule has 3 aromatic carbocycles. The van der Waals surface area contributed by atoms with Gasteiger partial charge in [0.05, 0.1) is 13.2 Å². The summed E-state index contributed by atoms with van der Waals surface area (Å²) in [5.41, 5.74) is 7.08. The number of aromatic nitrogens is 3. The van der Waals surface area contributed by atoms with Gasteiger partial charge in [0, 0.05) is 74.4 Å². The van der Waals surface area contributed by atoms with E-state index in [9.17, 15) is 4.79 Å². The molecule has 0 atom stereocenters. The van der Waals surface area contributed by atoms with Crippen molar-refractivity contribution < 1.29 is 14.1 Å². The molecule has 12 nitrogen and oxygen atoms in total. The Morgan fingerprint density at radius 2 is 1.46 bits per heavy atom. The predicted octanol–water partition coefficient (Wildman–Crippen LogP) is 5.55. The van der Waals surface area contributed by atoms with Crippen molar-refractivity contribution in [2.75, 3.05) is 86.0 Å². The number of ether oxygens (including phenoxy) is 1. The second-order valence-corrected chi connectivity index (χ2v) is 13.2. The highest BCUT2D eigenvalue weighted by atomic mass is 16.5. The molecule has 0 unspecified atom stereocenters. The third-order valence-electron chi connectivity index (χ3n) is 9.87.